The van der Waals surface area contributed by atoms with E-state index < -0.39 is 8.56 Å². The molecule has 27 heavy (non-hydrogen) atoms. The molecule has 0 saturated heterocycles. The van der Waals surface area contributed by atoms with Crippen LogP contribution in [0.5, 0.6) is 0 Å². The predicted octanol–water partition coefficient (Wildman–Crippen LogP) is 8.78. The minimum atomic E-state index is -1.96. The summed E-state index contributed by atoms with van der Waals surface area (Å²) in [5.41, 5.74) is 0. The lowest BCUT2D eigenvalue weighted by molar-refractivity contribution is 0.180. The normalized spacial score (nSPS) is 12.0. The SMILES string of the molecule is CCCCCCCCCCC[Si](CCCCCCCCC)(OCC)OCC. The van der Waals surface area contributed by atoms with Crippen molar-refractivity contribution in [1.29, 1.82) is 0 Å². The Labute approximate surface area is 173 Å². The molecule has 0 atom stereocenters. The lowest BCUT2D eigenvalue weighted by Gasteiger charge is -2.30. The van der Waals surface area contributed by atoms with E-state index >= 15 is 0 Å². The van der Waals surface area contributed by atoms with E-state index in [1.54, 1.807) is 0 Å². The molecule has 0 spiro atoms. The monoisotopic (exact) mass is 400 g/mol. The average molecular weight is 401 g/mol. The summed E-state index contributed by atoms with van der Waals surface area (Å²) in [4.78, 5) is 0. The molecule has 0 unspecified atom stereocenters. The van der Waals surface area contributed by atoms with Crippen LogP contribution in [-0.4, -0.2) is 21.8 Å². The fourth-order valence-electron chi connectivity index (χ4n) is 4.04. The summed E-state index contributed by atoms with van der Waals surface area (Å²) in [5.74, 6) is 0. The fourth-order valence-corrected chi connectivity index (χ4v) is 7.58. The third kappa shape index (κ3) is 16.8. The molecule has 3 heteroatoms. The van der Waals surface area contributed by atoms with Gasteiger partial charge in [0.1, 0.15) is 0 Å². The molecule has 0 aromatic carbocycles. The molecule has 0 N–H and O–H groups in total. The van der Waals surface area contributed by atoms with Gasteiger partial charge in [0.15, 0.2) is 0 Å². The Morgan fingerprint density at radius 3 is 1.00 bits per heavy atom. The van der Waals surface area contributed by atoms with Gasteiger partial charge in [-0.2, -0.15) is 0 Å². The van der Waals surface area contributed by atoms with Gasteiger partial charge in [-0.3, -0.25) is 0 Å². The summed E-state index contributed by atoms with van der Waals surface area (Å²) in [6, 6.07) is 2.42. The van der Waals surface area contributed by atoms with E-state index in [-0.39, 0.29) is 0 Å². The number of hydrogen-bond donors (Lipinski definition) is 0. The van der Waals surface area contributed by atoms with Crippen molar-refractivity contribution in [1.82, 2.24) is 0 Å². The molecule has 0 aliphatic rings. The van der Waals surface area contributed by atoms with Crippen molar-refractivity contribution in [3.8, 4) is 0 Å². The van der Waals surface area contributed by atoms with Crippen LogP contribution in [0.2, 0.25) is 12.1 Å². The van der Waals surface area contributed by atoms with E-state index in [1.807, 2.05) is 0 Å². The van der Waals surface area contributed by atoms with Crippen LogP contribution in [0.15, 0.2) is 0 Å². The molecule has 0 aliphatic carbocycles. The first kappa shape index (κ1) is 27.1. The van der Waals surface area contributed by atoms with Gasteiger partial charge in [-0.1, -0.05) is 117 Å². The highest BCUT2D eigenvalue weighted by molar-refractivity contribution is 6.67. The third-order valence-electron chi connectivity index (χ3n) is 5.64. The van der Waals surface area contributed by atoms with Crippen LogP contribution in [0.1, 0.15) is 130 Å². The molecule has 0 bridgehead atoms. The van der Waals surface area contributed by atoms with Crippen molar-refractivity contribution in [3.05, 3.63) is 0 Å². The summed E-state index contributed by atoms with van der Waals surface area (Å²) >= 11 is 0. The van der Waals surface area contributed by atoms with Crippen LogP contribution in [0.25, 0.3) is 0 Å². The van der Waals surface area contributed by atoms with E-state index in [0.717, 1.165) is 13.2 Å². The van der Waals surface area contributed by atoms with Gasteiger partial charge in [0.25, 0.3) is 0 Å². The van der Waals surface area contributed by atoms with E-state index in [4.69, 9.17) is 8.85 Å². The zero-order valence-corrected chi connectivity index (χ0v) is 20.5. The van der Waals surface area contributed by atoms with Gasteiger partial charge in [0.2, 0.25) is 0 Å². The first-order valence-electron chi connectivity index (χ1n) is 12.5. The molecule has 0 saturated carbocycles. The molecule has 0 fully saturated rings. The second-order valence-electron chi connectivity index (χ2n) is 8.23. The fraction of sp³-hybridized carbons (Fsp3) is 1.00. The molecule has 2 nitrogen and oxygen atoms in total. The van der Waals surface area contributed by atoms with Crippen LogP contribution in [0.4, 0.5) is 0 Å². The molecule has 0 amide bonds. The molecule has 0 radical (unpaired) electrons. The van der Waals surface area contributed by atoms with Crippen LogP contribution < -0.4 is 0 Å². The highest BCUT2D eigenvalue weighted by Gasteiger charge is 2.35. The molecular formula is C24H52O2Si. The Balaban J connectivity index is 3.99. The average Bonchev–Trinajstić information content (AvgIpc) is 2.66. The second kappa shape index (κ2) is 20.9. The van der Waals surface area contributed by atoms with Gasteiger partial charge >= 0.3 is 8.56 Å². The van der Waals surface area contributed by atoms with Crippen molar-refractivity contribution in [2.45, 2.75) is 143 Å². The van der Waals surface area contributed by atoms with E-state index in [9.17, 15) is 0 Å². The standard InChI is InChI=1S/C24H52O2Si/c1-5-9-11-13-15-16-18-20-22-24-27(25-7-3,26-8-4)23-21-19-17-14-12-10-6-2/h5-24H2,1-4H3. The van der Waals surface area contributed by atoms with Crippen molar-refractivity contribution in [2.75, 3.05) is 13.2 Å². The maximum atomic E-state index is 6.30. The minimum absolute atomic E-state index is 0.820. The highest BCUT2D eigenvalue weighted by atomic mass is 28.4. The molecule has 0 aliphatic heterocycles. The summed E-state index contributed by atoms with van der Waals surface area (Å²) in [7, 11) is -1.96. The Morgan fingerprint density at radius 1 is 0.407 bits per heavy atom. The van der Waals surface area contributed by atoms with E-state index in [2.05, 4.69) is 27.7 Å². The molecular weight excluding hydrogens is 348 g/mol. The predicted molar refractivity (Wildman–Crippen MR) is 124 cm³/mol. The summed E-state index contributed by atoms with van der Waals surface area (Å²) in [6.07, 6.45) is 22.1. The van der Waals surface area contributed by atoms with Crippen molar-refractivity contribution in [2.24, 2.45) is 0 Å². The first-order chi connectivity index (χ1) is 13.2. The first-order valence-corrected chi connectivity index (χ1v) is 14.8. The lowest BCUT2D eigenvalue weighted by Crippen LogP contribution is -2.42. The maximum absolute atomic E-state index is 6.30. The van der Waals surface area contributed by atoms with E-state index in [0.29, 0.717) is 0 Å². The van der Waals surface area contributed by atoms with Crippen molar-refractivity contribution >= 4 is 8.56 Å². The largest absolute Gasteiger partial charge is 0.394 e. The highest BCUT2D eigenvalue weighted by Crippen LogP contribution is 2.26. The van der Waals surface area contributed by atoms with Crippen LogP contribution in [-0.2, 0) is 8.85 Å². The van der Waals surface area contributed by atoms with Gasteiger partial charge in [0, 0.05) is 13.2 Å². The van der Waals surface area contributed by atoms with Crippen LogP contribution >= 0.6 is 0 Å². The second-order valence-corrected chi connectivity index (χ2v) is 11.6. The van der Waals surface area contributed by atoms with Gasteiger partial charge < -0.3 is 8.85 Å². The van der Waals surface area contributed by atoms with Crippen molar-refractivity contribution in [3.63, 3.8) is 0 Å². The van der Waals surface area contributed by atoms with Gasteiger partial charge in [0.05, 0.1) is 0 Å². The van der Waals surface area contributed by atoms with Gasteiger partial charge in [-0.05, 0) is 25.9 Å². The molecule has 0 rings (SSSR count). The Morgan fingerprint density at radius 2 is 0.704 bits per heavy atom. The topological polar surface area (TPSA) is 18.5 Å². The Hall–Kier alpha value is 0.137. The lowest BCUT2D eigenvalue weighted by atomic mass is 10.1. The molecule has 0 heterocycles. The molecule has 164 valence electrons. The maximum Gasteiger partial charge on any atom is 0.338 e. The van der Waals surface area contributed by atoms with E-state index in [1.165, 1.54) is 115 Å². The Kier molecular flexibility index (Phi) is 21.0. The van der Waals surface area contributed by atoms with Crippen LogP contribution in [0, 0.1) is 0 Å². The van der Waals surface area contributed by atoms with Crippen molar-refractivity contribution < 1.29 is 8.85 Å². The smallest absolute Gasteiger partial charge is 0.338 e. The van der Waals surface area contributed by atoms with Gasteiger partial charge in [-0.25, -0.2) is 0 Å². The summed E-state index contributed by atoms with van der Waals surface area (Å²) in [6.45, 7) is 10.5. The number of rotatable bonds is 22. The zero-order chi connectivity index (χ0) is 20.1. The Bertz CT molecular complexity index is 278. The van der Waals surface area contributed by atoms with Crippen LogP contribution in [0.3, 0.4) is 0 Å². The molecule has 0 aromatic rings. The number of unbranched alkanes of at least 4 members (excludes halogenated alkanes) is 14. The summed E-state index contributed by atoms with van der Waals surface area (Å²) < 4.78 is 12.6. The molecule has 0 aromatic heterocycles. The zero-order valence-electron chi connectivity index (χ0n) is 19.5. The quantitative estimate of drug-likeness (QED) is 0.133. The minimum Gasteiger partial charge on any atom is -0.394 e. The number of hydrogen-bond acceptors (Lipinski definition) is 2. The van der Waals surface area contributed by atoms with Gasteiger partial charge in [-0.15, -0.1) is 0 Å². The summed E-state index contributed by atoms with van der Waals surface area (Å²) in [5, 5.41) is 0. The third-order valence-corrected chi connectivity index (χ3v) is 9.50.